The van der Waals surface area contributed by atoms with E-state index in [4.69, 9.17) is 9.15 Å². The third kappa shape index (κ3) is 3.80. The number of fused-ring (bicyclic) bond motifs is 2. The average molecular weight is 430 g/mol. The molecule has 162 valence electrons. The molecule has 1 atom stereocenters. The van der Waals surface area contributed by atoms with Gasteiger partial charge in [-0.05, 0) is 43.2 Å². The Kier molecular flexibility index (Phi) is 5.27. The van der Waals surface area contributed by atoms with E-state index in [1.54, 1.807) is 0 Å². The molecular weight excluding hydrogens is 405 g/mol. The molecule has 32 heavy (non-hydrogen) atoms. The van der Waals surface area contributed by atoms with Crippen LogP contribution in [0.1, 0.15) is 33.4 Å². The summed E-state index contributed by atoms with van der Waals surface area (Å²) in [5.74, 6) is 0.577. The Bertz CT molecular complexity index is 1340. The van der Waals surface area contributed by atoms with E-state index in [1.807, 2.05) is 56.3 Å². The summed E-state index contributed by atoms with van der Waals surface area (Å²) in [6.45, 7) is 5.99. The maximum Gasteiger partial charge on any atom is 0.340 e. The SMILES string of the molecule is Cc1c(Cc2ccccc2)c(=O)oc2c(C)c3c(cc12)C[NH+](Cc1ccc(F)cc1)CO3. The molecule has 0 radical (unpaired) electrons. The normalized spacial score (nSPS) is 15.4. The Morgan fingerprint density at radius 1 is 0.969 bits per heavy atom. The molecular formula is C27H25FNO3+. The summed E-state index contributed by atoms with van der Waals surface area (Å²) in [5.41, 5.74) is 6.07. The smallest absolute Gasteiger partial charge is 0.340 e. The molecule has 0 saturated heterocycles. The lowest BCUT2D eigenvalue weighted by atomic mass is 9.96. The standard InChI is InChI=1S/C27H24FNO3/c1-17-23-13-21-15-29(14-20-8-10-22(28)11-9-20)16-31-25(21)18(2)26(23)32-27(30)24(17)12-19-6-4-3-5-7-19/h3-11,13H,12,14-16H2,1-2H3/p+1. The van der Waals surface area contributed by atoms with Crippen LogP contribution in [0.3, 0.4) is 0 Å². The molecule has 4 nitrogen and oxygen atoms in total. The second kappa shape index (κ2) is 8.24. The number of aryl methyl sites for hydroxylation is 2. The maximum atomic E-state index is 13.2. The summed E-state index contributed by atoms with van der Waals surface area (Å²) < 4.78 is 25.1. The lowest BCUT2D eigenvalue weighted by Gasteiger charge is -2.28. The van der Waals surface area contributed by atoms with Crippen molar-refractivity contribution in [3.05, 3.63) is 110 Å². The summed E-state index contributed by atoms with van der Waals surface area (Å²) in [6.07, 6.45) is 0.541. The number of quaternary nitrogens is 1. The fourth-order valence-corrected chi connectivity index (χ4v) is 4.57. The Morgan fingerprint density at radius 2 is 1.72 bits per heavy atom. The molecule has 5 rings (SSSR count). The van der Waals surface area contributed by atoms with Crippen LogP contribution in [0.5, 0.6) is 5.75 Å². The quantitative estimate of drug-likeness (QED) is 0.497. The van der Waals surface area contributed by atoms with Gasteiger partial charge in [-0.15, -0.1) is 0 Å². The Hall–Kier alpha value is -3.44. The van der Waals surface area contributed by atoms with Gasteiger partial charge in [0.1, 0.15) is 30.2 Å². The Labute approximate surface area is 185 Å². The van der Waals surface area contributed by atoms with Gasteiger partial charge in [-0.2, -0.15) is 0 Å². The van der Waals surface area contributed by atoms with Crippen LogP contribution in [0.15, 0.2) is 69.9 Å². The van der Waals surface area contributed by atoms with Gasteiger partial charge in [-0.1, -0.05) is 42.5 Å². The van der Waals surface area contributed by atoms with Crippen molar-refractivity contribution in [3.63, 3.8) is 0 Å². The monoisotopic (exact) mass is 430 g/mol. The first-order valence-corrected chi connectivity index (χ1v) is 10.8. The third-order valence-electron chi connectivity index (χ3n) is 6.29. The zero-order valence-corrected chi connectivity index (χ0v) is 18.2. The van der Waals surface area contributed by atoms with Crippen molar-refractivity contribution in [1.82, 2.24) is 0 Å². The number of ether oxygens (including phenoxy) is 1. The van der Waals surface area contributed by atoms with Crippen molar-refractivity contribution >= 4 is 11.0 Å². The summed E-state index contributed by atoms with van der Waals surface area (Å²) in [5, 5.41) is 0.957. The third-order valence-corrected chi connectivity index (χ3v) is 6.29. The Balaban J connectivity index is 1.51. The predicted octanol–water partition coefficient (Wildman–Crippen LogP) is 4.07. The molecule has 3 aromatic carbocycles. The lowest BCUT2D eigenvalue weighted by molar-refractivity contribution is -0.945. The van der Waals surface area contributed by atoms with Gasteiger partial charge in [-0.25, -0.2) is 9.18 Å². The number of hydrogen-bond acceptors (Lipinski definition) is 3. The molecule has 1 aromatic heterocycles. The second-order valence-electron chi connectivity index (χ2n) is 8.54. The van der Waals surface area contributed by atoms with Crippen LogP contribution >= 0.6 is 0 Å². The van der Waals surface area contributed by atoms with Gasteiger partial charge in [0.25, 0.3) is 0 Å². The number of rotatable bonds is 4. The van der Waals surface area contributed by atoms with E-state index >= 15 is 0 Å². The highest BCUT2D eigenvalue weighted by Crippen LogP contribution is 2.34. The van der Waals surface area contributed by atoms with Gasteiger partial charge in [-0.3, -0.25) is 4.90 Å². The van der Waals surface area contributed by atoms with Crippen LogP contribution in [0.4, 0.5) is 4.39 Å². The number of benzene rings is 3. The summed E-state index contributed by atoms with van der Waals surface area (Å²) >= 11 is 0. The van der Waals surface area contributed by atoms with Gasteiger partial charge in [0.15, 0.2) is 0 Å². The summed E-state index contributed by atoms with van der Waals surface area (Å²) in [7, 11) is 0. The molecule has 0 fully saturated rings. The largest absolute Gasteiger partial charge is 0.444 e. The van der Waals surface area contributed by atoms with E-state index in [-0.39, 0.29) is 11.4 Å². The number of hydrogen-bond donors (Lipinski definition) is 1. The summed E-state index contributed by atoms with van der Waals surface area (Å²) in [4.78, 5) is 14.1. The van der Waals surface area contributed by atoms with Crippen LogP contribution in [-0.2, 0) is 19.5 Å². The zero-order valence-electron chi connectivity index (χ0n) is 18.2. The Morgan fingerprint density at radius 3 is 2.47 bits per heavy atom. The van der Waals surface area contributed by atoms with Crippen molar-refractivity contribution in [2.45, 2.75) is 33.4 Å². The van der Waals surface area contributed by atoms with Crippen molar-refractivity contribution in [2.24, 2.45) is 0 Å². The predicted molar refractivity (Wildman–Crippen MR) is 121 cm³/mol. The van der Waals surface area contributed by atoms with Crippen LogP contribution in [0, 0.1) is 19.7 Å². The molecule has 2 heterocycles. The highest BCUT2D eigenvalue weighted by atomic mass is 19.1. The fraction of sp³-hybridized carbons (Fsp3) is 0.222. The van der Waals surface area contributed by atoms with E-state index in [2.05, 4.69) is 6.07 Å². The molecule has 4 aromatic rings. The van der Waals surface area contributed by atoms with E-state index in [0.717, 1.165) is 52.0 Å². The topological polar surface area (TPSA) is 43.9 Å². The van der Waals surface area contributed by atoms with Crippen molar-refractivity contribution in [2.75, 3.05) is 6.73 Å². The molecule has 0 saturated carbocycles. The van der Waals surface area contributed by atoms with Gasteiger partial charge in [0.2, 0.25) is 6.73 Å². The molecule has 0 bridgehead atoms. The van der Waals surface area contributed by atoms with Gasteiger partial charge >= 0.3 is 5.63 Å². The van der Waals surface area contributed by atoms with Crippen molar-refractivity contribution < 1.29 is 18.4 Å². The number of halogens is 1. The highest BCUT2D eigenvalue weighted by molar-refractivity contribution is 5.87. The average Bonchev–Trinajstić information content (AvgIpc) is 2.80. The second-order valence-corrected chi connectivity index (χ2v) is 8.54. The molecule has 1 N–H and O–H groups in total. The van der Waals surface area contributed by atoms with Gasteiger partial charge in [0, 0.05) is 34.1 Å². The van der Waals surface area contributed by atoms with Crippen LogP contribution in [0.2, 0.25) is 0 Å². The number of nitrogens with one attached hydrogen (secondary N) is 1. The molecule has 1 unspecified atom stereocenters. The summed E-state index contributed by atoms with van der Waals surface area (Å²) in [6, 6.07) is 18.7. The van der Waals surface area contributed by atoms with Gasteiger partial charge in [0.05, 0.1) is 0 Å². The molecule has 0 spiro atoms. The first kappa shape index (κ1) is 20.5. The fourth-order valence-electron chi connectivity index (χ4n) is 4.57. The molecule has 1 aliphatic heterocycles. The highest BCUT2D eigenvalue weighted by Gasteiger charge is 2.26. The van der Waals surface area contributed by atoms with Crippen molar-refractivity contribution in [1.29, 1.82) is 0 Å². The first-order valence-electron chi connectivity index (χ1n) is 10.8. The minimum atomic E-state index is -0.290. The van der Waals surface area contributed by atoms with E-state index in [1.165, 1.54) is 17.0 Å². The molecule has 1 aliphatic rings. The van der Waals surface area contributed by atoms with E-state index < -0.39 is 0 Å². The maximum absolute atomic E-state index is 13.2. The van der Waals surface area contributed by atoms with Crippen LogP contribution in [0.25, 0.3) is 11.0 Å². The van der Waals surface area contributed by atoms with Crippen LogP contribution < -0.4 is 15.3 Å². The van der Waals surface area contributed by atoms with Gasteiger partial charge < -0.3 is 9.15 Å². The van der Waals surface area contributed by atoms with Crippen LogP contribution in [-0.4, -0.2) is 6.73 Å². The van der Waals surface area contributed by atoms with E-state index in [9.17, 15) is 9.18 Å². The zero-order chi connectivity index (χ0) is 22.2. The molecule has 0 amide bonds. The minimum Gasteiger partial charge on any atom is -0.444 e. The van der Waals surface area contributed by atoms with Crippen molar-refractivity contribution in [3.8, 4) is 5.75 Å². The van der Waals surface area contributed by atoms with E-state index in [0.29, 0.717) is 24.3 Å². The molecule has 0 aliphatic carbocycles. The minimum absolute atomic E-state index is 0.227. The first-order chi connectivity index (χ1) is 15.5. The molecule has 5 heteroatoms. The lowest BCUT2D eigenvalue weighted by Crippen LogP contribution is -3.10.